The largest absolute Gasteiger partial charge is 0.492 e. The van der Waals surface area contributed by atoms with Crippen LogP contribution in [0.2, 0.25) is 0 Å². The van der Waals surface area contributed by atoms with Crippen molar-refractivity contribution in [2.45, 2.75) is 12.5 Å². The van der Waals surface area contributed by atoms with E-state index in [1.165, 1.54) is 24.3 Å². The van der Waals surface area contributed by atoms with E-state index in [1.807, 2.05) is 0 Å². The molecule has 0 heterocycles. The van der Waals surface area contributed by atoms with Crippen molar-refractivity contribution in [1.29, 1.82) is 0 Å². The second kappa shape index (κ2) is 7.59. The highest BCUT2D eigenvalue weighted by Crippen LogP contribution is 2.16. The molecule has 2 N–H and O–H groups in total. The Morgan fingerprint density at radius 3 is 2.53 bits per heavy atom. The van der Waals surface area contributed by atoms with Crippen LogP contribution < -0.4 is 10.1 Å². The van der Waals surface area contributed by atoms with Crippen molar-refractivity contribution in [1.82, 2.24) is 5.32 Å². The van der Waals surface area contributed by atoms with E-state index >= 15 is 0 Å². The molecule has 0 radical (unpaired) electrons. The summed E-state index contributed by atoms with van der Waals surface area (Å²) in [5.41, 5.74) is -0.0365. The van der Waals surface area contributed by atoms with E-state index in [0.717, 1.165) is 0 Å². The standard InChI is InChI=1S/C11H14F2N2O4/c12-11(13)10(16)7-14-5-6-19-9-3-1-8(2-4-9)15(17)18/h1-4,10-11,14,16H,5-7H2. The van der Waals surface area contributed by atoms with Crippen molar-refractivity contribution < 1.29 is 23.5 Å². The average molecular weight is 276 g/mol. The molecule has 0 bridgehead atoms. The lowest BCUT2D eigenvalue weighted by molar-refractivity contribution is -0.384. The SMILES string of the molecule is O=[N+]([O-])c1ccc(OCCNCC(O)C(F)F)cc1. The van der Waals surface area contributed by atoms with Crippen LogP contribution in [-0.4, -0.2) is 42.3 Å². The maximum absolute atomic E-state index is 11.9. The fourth-order valence-corrected chi connectivity index (χ4v) is 1.24. The maximum atomic E-state index is 11.9. The van der Waals surface area contributed by atoms with Crippen LogP contribution in [0.25, 0.3) is 0 Å². The van der Waals surface area contributed by atoms with E-state index in [4.69, 9.17) is 9.84 Å². The highest BCUT2D eigenvalue weighted by molar-refractivity contribution is 5.35. The van der Waals surface area contributed by atoms with Crippen LogP contribution in [-0.2, 0) is 0 Å². The summed E-state index contributed by atoms with van der Waals surface area (Å²) in [6, 6.07) is 5.52. The van der Waals surface area contributed by atoms with Crippen LogP contribution in [0.4, 0.5) is 14.5 Å². The third-order valence-electron chi connectivity index (χ3n) is 2.24. The van der Waals surface area contributed by atoms with Crippen molar-refractivity contribution in [2.75, 3.05) is 19.7 Å². The van der Waals surface area contributed by atoms with E-state index in [1.54, 1.807) is 0 Å². The van der Waals surface area contributed by atoms with E-state index < -0.39 is 17.5 Å². The van der Waals surface area contributed by atoms with Crippen LogP contribution in [0.1, 0.15) is 0 Å². The van der Waals surface area contributed by atoms with Gasteiger partial charge in [0.25, 0.3) is 12.1 Å². The molecule has 19 heavy (non-hydrogen) atoms. The molecule has 0 aliphatic heterocycles. The monoisotopic (exact) mass is 276 g/mol. The number of aliphatic hydroxyl groups is 1. The van der Waals surface area contributed by atoms with Crippen molar-refractivity contribution in [3.63, 3.8) is 0 Å². The van der Waals surface area contributed by atoms with Crippen molar-refractivity contribution in [3.05, 3.63) is 34.4 Å². The summed E-state index contributed by atoms with van der Waals surface area (Å²) in [6.45, 7) is 0.260. The minimum absolute atomic E-state index is 0.0365. The van der Waals surface area contributed by atoms with Gasteiger partial charge in [-0.3, -0.25) is 10.1 Å². The molecule has 8 heteroatoms. The van der Waals surface area contributed by atoms with Gasteiger partial charge in [-0.2, -0.15) is 0 Å². The Kier molecular flexibility index (Phi) is 6.10. The number of non-ortho nitro benzene ring substituents is 1. The molecule has 0 saturated heterocycles. The number of nitro benzene ring substituents is 1. The Hall–Kier alpha value is -1.80. The van der Waals surface area contributed by atoms with Gasteiger partial charge in [-0.1, -0.05) is 0 Å². The molecule has 0 aromatic heterocycles. The number of ether oxygens (including phenoxy) is 1. The van der Waals surface area contributed by atoms with Crippen LogP contribution in [0.5, 0.6) is 5.75 Å². The molecule has 0 aliphatic carbocycles. The number of aliphatic hydroxyl groups excluding tert-OH is 1. The average Bonchev–Trinajstić information content (AvgIpc) is 2.38. The van der Waals surface area contributed by atoms with Gasteiger partial charge in [0.1, 0.15) is 18.5 Å². The second-order valence-electron chi connectivity index (χ2n) is 3.71. The van der Waals surface area contributed by atoms with Gasteiger partial charge in [0.15, 0.2) is 0 Å². The summed E-state index contributed by atoms with van der Waals surface area (Å²) in [7, 11) is 0. The smallest absolute Gasteiger partial charge is 0.269 e. The van der Waals surface area contributed by atoms with Gasteiger partial charge in [-0.05, 0) is 12.1 Å². The van der Waals surface area contributed by atoms with Crippen molar-refractivity contribution >= 4 is 5.69 Å². The second-order valence-corrected chi connectivity index (χ2v) is 3.71. The third kappa shape index (κ3) is 5.58. The van der Waals surface area contributed by atoms with E-state index in [9.17, 15) is 18.9 Å². The molecule has 106 valence electrons. The number of alkyl halides is 2. The normalized spacial score (nSPS) is 12.4. The molecule has 0 saturated carbocycles. The molecule has 0 spiro atoms. The molecule has 0 amide bonds. The topological polar surface area (TPSA) is 84.6 Å². The molecule has 1 aromatic carbocycles. The van der Waals surface area contributed by atoms with E-state index in [-0.39, 0.29) is 25.4 Å². The third-order valence-corrected chi connectivity index (χ3v) is 2.24. The number of hydrogen-bond acceptors (Lipinski definition) is 5. The Bertz CT molecular complexity index is 400. The number of hydrogen-bond donors (Lipinski definition) is 2. The van der Waals surface area contributed by atoms with Gasteiger partial charge >= 0.3 is 0 Å². The lowest BCUT2D eigenvalue weighted by Gasteiger charge is -2.11. The predicted octanol–water partition coefficient (Wildman–Crippen LogP) is 1.19. The minimum atomic E-state index is -2.77. The predicted molar refractivity (Wildman–Crippen MR) is 63.5 cm³/mol. The zero-order valence-corrected chi connectivity index (χ0v) is 9.96. The Morgan fingerprint density at radius 2 is 2.00 bits per heavy atom. The Morgan fingerprint density at radius 1 is 1.37 bits per heavy atom. The van der Waals surface area contributed by atoms with E-state index in [2.05, 4.69) is 5.32 Å². The first-order valence-electron chi connectivity index (χ1n) is 5.55. The number of halogens is 2. The number of benzene rings is 1. The van der Waals surface area contributed by atoms with Crippen LogP contribution >= 0.6 is 0 Å². The first-order chi connectivity index (χ1) is 9.00. The molecule has 1 rings (SSSR count). The molecule has 0 aliphatic rings. The number of nitro groups is 1. The Labute approximate surface area is 108 Å². The van der Waals surface area contributed by atoms with Gasteiger partial charge in [0, 0.05) is 25.2 Å². The highest BCUT2D eigenvalue weighted by Gasteiger charge is 2.15. The van der Waals surface area contributed by atoms with Crippen LogP contribution in [0.3, 0.4) is 0 Å². The first-order valence-corrected chi connectivity index (χ1v) is 5.55. The molecule has 1 aromatic rings. The summed E-state index contributed by atoms with van der Waals surface area (Å²) in [6.07, 6.45) is -4.47. The van der Waals surface area contributed by atoms with Crippen molar-refractivity contribution in [2.24, 2.45) is 0 Å². The molecule has 6 nitrogen and oxygen atoms in total. The van der Waals surface area contributed by atoms with Crippen LogP contribution in [0, 0.1) is 10.1 Å². The summed E-state index contributed by atoms with van der Waals surface area (Å²) < 4.78 is 29.1. The first kappa shape index (κ1) is 15.3. The van der Waals surface area contributed by atoms with Gasteiger partial charge in [0.05, 0.1) is 4.92 Å². The number of rotatable bonds is 8. The fraction of sp³-hybridized carbons (Fsp3) is 0.455. The Balaban J connectivity index is 2.21. The number of nitrogens with zero attached hydrogens (tertiary/aromatic N) is 1. The highest BCUT2D eigenvalue weighted by atomic mass is 19.3. The summed E-state index contributed by atoms with van der Waals surface area (Å²) >= 11 is 0. The summed E-state index contributed by atoms with van der Waals surface area (Å²) in [5, 5.41) is 21.8. The zero-order valence-electron chi connectivity index (χ0n) is 9.96. The van der Waals surface area contributed by atoms with Gasteiger partial charge < -0.3 is 15.2 Å². The zero-order chi connectivity index (χ0) is 14.3. The van der Waals surface area contributed by atoms with E-state index in [0.29, 0.717) is 5.75 Å². The minimum Gasteiger partial charge on any atom is -0.492 e. The molecular formula is C11H14F2N2O4. The molecule has 1 atom stereocenters. The van der Waals surface area contributed by atoms with Gasteiger partial charge in [0.2, 0.25) is 0 Å². The quantitative estimate of drug-likeness (QED) is 0.423. The summed E-state index contributed by atoms with van der Waals surface area (Å²) in [5.74, 6) is 0.446. The molecule has 0 fully saturated rings. The van der Waals surface area contributed by atoms with Crippen molar-refractivity contribution in [3.8, 4) is 5.75 Å². The maximum Gasteiger partial charge on any atom is 0.269 e. The lowest BCUT2D eigenvalue weighted by atomic mass is 10.3. The molecule has 1 unspecified atom stereocenters. The molecular weight excluding hydrogens is 262 g/mol. The lowest BCUT2D eigenvalue weighted by Crippen LogP contribution is -2.34. The van der Waals surface area contributed by atoms with Gasteiger partial charge in [-0.15, -0.1) is 0 Å². The fourth-order valence-electron chi connectivity index (χ4n) is 1.24. The summed E-state index contributed by atoms with van der Waals surface area (Å²) in [4.78, 5) is 9.88. The number of nitrogens with one attached hydrogen (secondary N) is 1. The van der Waals surface area contributed by atoms with Crippen LogP contribution in [0.15, 0.2) is 24.3 Å². The van der Waals surface area contributed by atoms with Gasteiger partial charge in [-0.25, -0.2) is 8.78 Å².